The number of para-hydroxylation sites is 1. The number of pyridine rings is 1. The van der Waals surface area contributed by atoms with Crippen LogP contribution in [0.1, 0.15) is 49.9 Å². The maximum absolute atomic E-state index is 13.3. The average Bonchev–Trinajstić information content (AvgIpc) is 3.10. The van der Waals surface area contributed by atoms with Gasteiger partial charge in [0, 0.05) is 28.7 Å². The quantitative estimate of drug-likeness (QED) is 0.753. The number of rotatable bonds is 3. The summed E-state index contributed by atoms with van der Waals surface area (Å²) in [6.07, 6.45) is 1.42. The minimum atomic E-state index is -0.381. The summed E-state index contributed by atoms with van der Waals surface area (Å²) in [6, 6.07) is 18.0. The molecule has 0 bridgehead atoms. The lowest BCUT2D eigenvalue weighted by Gasteiger charge is -2.23. The van der Waals surface area contributed by atoms with Crippen molar-refractivity contribution in [3.05, 3.63) is 81.6 Å². The van der Waals surface area contributed by atoms with E-state index in [2.05, 4.69) is 22.0 Å². The SMILES string of the molecule is CC(C)(C)NC(=O)C1CCc2c1c(=O)c1ccccc1n2Cc1ccccc1. The molecular weight excluding hydrogens is 348 g/mol. The standard InChI is InChI=1S/C24H26N2O2/c1-24(2,3)25-23(28)18-13-14-20-21(18)22(27)17-11-7-8-12-19(17)26(20)15-16-9-5-4-6-10-16/h4-12,18H,13-15H2,1-3H3,(H,25,28). The lowest BCUT2D eigenvalue weighted by atomic mass is 9.97. The molecule has 1 unspecified atom stereocenters. The molecule has 4 nitrogen and oxygen atoms in total. The molecule has 1 heterocycles. The first-order valence-electron chi connectivity index (χ1n) is 9.85. The average molecular weight is 374 g/mol. The minimum Gasteiger partial charge on any atom is -0.351 e. The third-order valence-corrected chi connectivity index (χ3v) is 5.34. The Labute approximate surface area is 165 Å². The van der Waals surface area contributed by atoms with Crippen molar-refractivity contribution in [3.8, 4) is 0 Å². The van der Waals surface area contributed by atoms with Crippen molar-refractivity contribution in [2.75, 3.05) is 0 Å². The van der Waals surface area contributed by atoms with Crippen molar-refractivity contribution < 1.29 is 4.79 Å². The lowest BCUT2D eigenvalue weighted by Crippen LogP contribution is -2.43. The molecule has 1 aliphatic rings. The van der Waals surface area contributed by atoms with Gasteiger partial charge in [-0.1, -0.05) is 42.5 Å². The molecule has 3 aromatic rings. The van der Waals surface area contributed by atoms with E-state index >= 15 is 0 Å². The first-order chi connectivity index (χ1) is 13.3. The molecular formula is C24H26N2O2. The van der Waals surface area contributed by atoms with Crippen LogP contribution in [0, 0.1) is 0 Å². The molecule has 4 heteroatoms. The molecule has 1 aliphatic carbocycles. The molecule has 0 saturated carbocycles. The fourth-order valence-electron chi connectivity index (χ4n) is 4.19. The van der Waals surface area contributed by atoms with Crippen LogP contribution in [0.2, 0.25) is 0 Å². The Hall–Kier alpha value is -2.88. The van der Waals surface area contributed by atoms with Gasteiger partial charge in [-0.3, -0.25) is 9.59 Å². The van der Waals surface area contributed by atoms with Gasteiger partial charge in [0.1, 0.15) is 0 Å². The van der Waals surface area contributed by atoms with Crippen molar-refractivity contribution >= 4 is 16.8 Å². The van der Waals surface area contributed by atoms with Crippen LogP contribution in [0.4, 0.5) is 0 Å². The largest absolute Gasteiger partial charge is 0.351 e. The number of carbonyl (C=O) groups excluding carboxylic acids is 1. The maximum atomic E-state index is 13.3. The highest BCUT2D eigenvalue weighted by atomic mass is 16.2. The summed E-state index contributed by atoms with van der Waals surface area (Å²) < 4.78 is 2.23. The molecule has 0 radical (unpaired) electrons. The molecule has 0 aliphatic heterocycles. The summed E-state index contributed by atoms with van der Waals surface area (Å²) in [5.74, 6) is -0.432. The third kappa shape index (κ3) is 3.35. The molecule has 1 N–H and O–H groups in total. The Morgan fingerprint density at radius 3 is 2.46 bits per heavy atom. The molecule has 1 amide bonds. The fourth-order valence-corrected chi connectivity index (χ4v) is 4.19. The van der Waals surface area contributed by atoms with Crippen molar-refractivity contribution in [2.24, 2.45) is 0 Å². The second kappa shape index (κ2) is 6.93. The molecule has 144 valence electrons. The van der Waals surface area contributed by atoms with Crippen molar-refractivity contribution in [2.45, 2.75) is 51.6 Å². The highest BCUT2D eigenvalue weighted by Crippen LogP contribution is 2.34. The van der Waals surface area contributed by atoms with E-state index in [0.717, 1.165) is 17.6 Å². The number of benzene rings is 2. The zero-order valence-electron chi connectivity index (χ0n) is 16.7. The van der Waals surface area contributed by atoms with Crippen LogP contribution in [0.5, 0.6) is 0 Å². The molecule has 0 spiro atoms. The van der Waals surface area contributed by atoms with Crippen LogP contribution in [-0.2, 0) is 17.8 Å². The predicted octanol–water partition coefficient (Wildman–Crippen LogP) is 3.99. The van der Waals surface area contributed by atoms with Crippen LogP contribution >= 0.6 is 0 Å². The number of aromatic nitrogens is 1. The normalized spacial score (nSPS) is 16.2. The summed E-state index contributed by atoms with van der Waals surface area (Å²) in [5.41, 5.74) is 3.48. The van der Waals surface area contributed by atoms with Crippen LogP contribution in [0.3, 0.4) is 0 Å². The van der Waals surface area contributed by atoms with Crippen LogP contribution in [0.15, 0.2) is 59.4 Å². The van der Waals surface area contributed by atoms with Gasteiger partial charge in [0.25, 0.3) is 0 Å². The highest BCUT2D eigenvalue weighted by Gasteiger charge is 2.35. The molecule has 0 fully saturated rings. The third-order valence-electron chi connectivity index (χ3n) is 5.34. The van der Waals surface area contributed by atoms with Crippen molar-refractivity contribution in [3.63, 3.8) is 0 Å². The number of nitrogens with one attached hydrogen (secondary N) is 1. The Morgan fingerprint density at radius 1 is 1.07 bits per heavy atom. The monoisotopic (exact) mass is 374 g/mol. The number of nitrogens with zero attached hydrogens (tertiary/aromatic N) is 1. The molecule has 4 rings (SSSR count). The van der Waals surface area contributed by atoms with Gasteiger partial charge in [0.2, 0.25) is 5.91 Å². The molecule has 1 aromatic heterocycles. The summed E-state index contributed by atoms with van der Waals surface area (Å²) in [4.78, 5) is 26.2. The summed E-state index contributed by atoms with van der Waals surface area (Å²) in [6.45, 7) is 6.59. The molecule has 1 atom stereocenters. The summed E-state index contributed by atoms with van der Waals surface area (Å²) in [7, 11) is 0. The van der Waals surface area contributed by atoms with Gasteiger partial charge in [0.05, 0.1) is 11.4 Å². The Balaban J connectivity index is 1.88. The molecule has 2 aromatic carbocycles. The van der Waals surface area contributed by atoms with E-state index in [9.17, 15) is 9.59 Å². The van der Waals surface area contributed by atoms with Gasteiger partial charge in [0.15, 0.2) is 5.43 Å². The predicted molar refractivity (Wildman–Crippen MR) is 113 cm³/mol. The number of carbonyl (C=O) groups is 1. The van der Waals surface area contributed by atoms with Crippen molar-refractivity contribution in [1.82, 2.24) is 9.88 Å². The van der Waals surface area contributed by atoms with Gasteiger partial charge in [-0.05, 0) is 51.3 Å². The van der Waals surface area contributed by atoms with Gasteiger partial charge in [-0.15, -0.1) is 0 Å². The zero-order valence-corrected chi connectivity index (χ0v) is 16.7. The molecule has 28 heavy (non-hydrogen) atoms. The second-order valence-corrected chi connectivity index (χ2v) is 8.61. The number of amides is 1. The van der Waals surface area contributed by atoms with Crippen LogP contribution in [0.25, 0.3) is 10.9 Å². The van der Waals surface area contributed by atoms with E-state index in [4.69, 9.17) is 0 Å². The number of fused-ring (bicyclic) bond motifs is 2. The Bertz CT molecular complexity index is 1090. The summed E-state index contributed by atoms with van der Waals surface area (Å²) >= 11 is 0. The van der Waals surface area contributed by atoms with Gasteiger partial charge in [-0.25, -0.2) is 0 Å². The second-order valence-electron chi connectivity index (χ2n) is 8.61. The first kappa shape index (κ1) is 18.5. The van der Waals surface area contributed by atoms with Gasteiger partial charge in [-0.2, -0.15) is 0 Å². The van der Waals surface area contributed by atoms with E-state index in [0.29, 0.717) is 23.9 Å². The van der Waals surface area contributed by atoms with Gasteiger partial charge >= 0.3 is 0 Å². The topological polar surface area (TPSA) is 51.1 Å². The van der Waals surface area contributed by atoms with E-state index in [1.54, 1.807) is 0 Å². The van der Waals surface area contributed by atoms with Crippen molar-refractivity contribution in [1.29, 1.82) is 0 Å². The Morgan fingerprint density at radius 2 is 1.75 bits per heavy atom. The maximum Gasteiger partial charge on any atom is 0.228 e. The van der Waals surface area contributed by atoms with Crippen LogP contribution in [-0.4, -0.2) is 16.0 Å². The lowest BCUT2D eigenvalue weighted by molar-refractivity contribution is -0.123. The smallest absolute Gasteiger partial charge is 0.228 e. The van der Waals surface area contributed by atoms with E-state index in [1.807, 2.05) is 63.2 Å². The Kier molecular flexibility index (Phi) is 4.58. The first-order valence-corrected chi connectivity index (χ1v) is 9.85. The summed E-state index contributed by atoms with van der Waals surface area (Å²) in [5, 5.41) is 3.75. The molecule has 0 saturated heterocycles. The van der Waals surface area contributed by atoms with E-state index in [-0.39, 0.29) is 22.8 Å². The fraction of sp³-hybridized carbons (Fsp3) is 0.333. The highest BCUT2D eigenvalue weighted by molar-refractivity contribution is 5.88. The number of hydrogen-bond donors (Lipinski definition) is 1. The zero-order chi connectivity index (χ0) is 19.9. The van der Waals surface area contributed by atoms with Gasteiger partial charge < -0.3 is 9.88 Å². The number of hydrogen-bond acceptors (Lipinski definition) is 2. The van der Waals surface area contributed by atoms with E-state index < -0.39 is 0 Å². The van der Waals surface area contributed by atoms with Crippen LogP contribution < -0.4 is 10.7 Å². The minimum absolute atomic E-state index is 0.00136. The van der Waals surface area contributed by atoms with E-state index in [1.165, 1.54) is 5.56 Å².